The SMILES string of the molecule is CC#CCN1CCCC(O)(c2cn[nH]n2)C1. The second-order valence-corrected chi connectivity index (χ2v) is 4.13. The predicted molar refractivity (Wildman–Crippen MR) is 59.4 cm³/mol. The Labute approximate surface area is 94.8 Å². The van der Waals surface area contributed by atoms with Crippen LogP contribution in [-0.4, -0.2) is 45.1 Å². The molecule has 1 aliphatic rings. The van der Waals surface area contributed by atoms with Crippen LogP contribution >= 0.6 is 0 Å². The molecule has 86 valence electrons. The molecular formula is C11H16N4O. The summed E-state index contributed by atoms with van der Waals surface area (Å²) in [7, 11) is 0. The van der Waals surface area contributed by atoms with Gasteiger partial charge in [0.25, 0.3) is 0 Å². The number of aromatic nitrogens is 3. The molecule has 1 aliphatic heterocycles. The molecule has 1 aromatic heterocycles. The molecule has 1 saturated heterocycles. The molecule has 1 atom stereocenters. The van der Waals surface area contributed by atoms with Crippen molar-refractivity contribution in [3.05, 3.63) is 11.9 Å². The molecule has 5 nitrogen and oxygen atoms in total. The Morgan fingerprint density at radius 2 is 2.56 bits per heavy atom. The van der Waals surface area contributed by atoms with E-state index in [2.05, 4.69) is 32.2 Å². The van der Waals surface area contributed by atoms with Gasteiger partial charge in [-0.25, -0.2) is 0 Å². The molecular weight excluding hydrogens is 204 g/mol. The largest absolute Gasteiger partial charge is 0.382 e. The minimum atomic E-state index is -0.874. The quantitative estimate of drug-likeness (QED) is 0.694. The Bertz CT molecular complexity index is 392. The lowest BCUT2D eigenvalue weighted by atomic mass is 9.90. The van der Waals surface area contributed by atoms with Gasteiger partial charge in [0.2, 0.25) is 0 Å². The van der Waals surface area contributed by atoms with Crippen LogP contribution in [-0.2, 0) is 5.60 Å². The van der Waals surface area contributed by atoms with E-state index >= 15 is 0 Å². The zero-order valence-electron chi connectivity index (χ0n) is 9.40. The maximum absolute atomic E-state index is 10.5. The van der Waals surface area contributed by atoms with Crippen molar-refractivity contribution in [3.63, 3.8) is 0 Å². The third-order valence-corrected chi connectivity index (χ3v) is 2.92. The summed E-state index contributed by atoms with van der Waals surface area (Å²) in [6.07, 6.45) is 3.28. The number of aromatic amines is 1. The highest BCUT2D eigenvalue weighted by molar-refractivity contribution is 5.10. The summed E-state index contributed by atoms with van der Waals surface area (Å²) >= 11 is 0. The Morgan fingerprint density at radius 3 is 3.25 bits per heavy atom. The van der Waals surface area contributed by atoms with Crippen LogP contribution in [0, 0.1) is 11.8 Å². The third-order valence-electron chi connectivity index (χ3n) is 2.92. The van der Waals surface area contributed by atoms with E-state index in [1.807, 2.05) is 6.92 Å². The smallest absolute Gasteiger partial charge is 0.123 e. The molecule has 2 rings (SSSR count). The summed E-state index contributed by atoms with van der Waals surface area (Å²) in [6, 6.07) is 0. The Hall–Kier alpha value is -1.38. The van der Waals surface area contributed by atoms with Crippen LogP contribution in [0.2, 0.25) is 0 Å². The van der Waals surface area contributed by atoms with E-state index in [1.54, 1.807) is 6.20 Å². The Balaban J connectivity index is 2.07. The van der Waals surface area contributed by atoms with Crippen molar-refractivity contribution in [2.75, 3.05) is 19.6 Å². The molecule has 1 aromatic rings. The molecule has 0 aliphatic carbocycles. The Kier molecular flexibility index (Phi) is 3.22. The van der Waals surface area contributed by atoms with E-state index in [-0.39, 0.29) is 0 Å². The van der Waals surface area contributed by atoms with Crippen molar-refractivity contribution in [1.29, 1.82) is 0 Å². The number of nitrogens with zero attached hydrogens (tertiary/aromatic N) is 3. The molecule has 5 heteroatoms. The molecule has 0 amide bonds. The van der Waals surface area contributed by atoms with Crippen molar-refractivity contribution in [1.82, 2.24) is 20.3 Å². The summed E-state index contributed by atoms with van der Waals surface area (Å²) < 4.78 is 0. The zero-order chi connectivity index (χ0) is 11.4. The summed E-state index contributed by atoms with van der Waals surface area (Å²) in [5.41, 5.74) is -0.248. The summed E-state index contributed by atoms with van der Waals surface area (Å²) in [6.45, 7) is 4.09. The molecule has 0 spiro atoms. The molecule has 2 N–H and O–H groups in total. The first-order valence-corrected chi connectivity index (χ1v) is 5.45. The minimum absolute atomic E-state index is 0.578. The van der Waals surface area contributed by atoms with E-state index in [0.29, 0.717) is 18.8 Å². The van der Waals surface area contributed by atoms with Gasteiger partial charge in [0.15, 0.2) is 0 Å². The van der Waals surface area contributed by atoms with E-state index in [9.17, 15) is 5.11 Å². The average molecular weight is 220 g/mol. The standard InChI is InChI=1S/C11H16N4O/c1-2-3-6-15-7-4-5-11(16,9-15)10-8-12-14-13-10/h8,16H,4-7,9H2,1H3,(H,12,13,14). The monoisotopic (exact) mass is 220 g/mol. The van der Waals surface area contributed by atoms with E-state index in [4.69, 9.17) is 0 Å². The molecule has 0 radical (unpaired) electrons. The summed E-state index contributed by atoms with van der Waals surface area (Å²) in [4.78, 5) is 2.15. The number of piperidine rings is 1. The first kappa shape index (κ1) is 11.1. The molecule has 1 unspecified atom stereocenters. The van der Waals surface area contributed by atoms with Gasteiger partial charge in [0, 0.05) is 6.54 Å². The van der Waals surface area contributed by atoms with Gasteiger partial charge < -0.3 is 5.11 Å². The predicted octanol–water partition coefficient (Wildman–Crippen LogP) is 0.111. The fraction of sp³-hybridized carbons (Fsp3) is 0.636. The molecule has 0 aromatic carbocycles. The first-order valence-electron chi connectivity index (χ1n) is 5.45. The van der Waals surface area contributed by atoms with E-state index in [1.165, 1.54) is 0 Å². The van der Waals surface area contributed by atoms with Crippen molar-refractivity contribution in [2.45, 2.75) is 25.4 Å². The highest BCUT2D eigenvalue weighted by atomic mass is 16.3. The van der Waals surface area contributed by atoms with Crippen molar-refractivity contribution in [2.24, 2.45) is 0 Å². The van der Waals surface area contributed by atoms with Crippen LogP contribution < -0.4 is 0 Å². The van der Waals surface area contributed by atoms with Crippen LogP contribution in [0.5, 0.6) is 0 Å². The lowest BCUT2D eigenvalue weighted by Crippen LogP contribution is -2.46. The molecule has 16 heavy (non-hydrogen) atoms. The van der Waals surface area contributed by atoms with Gasteiger partial charge in [0.1, 0.15) is 11.3 Å². The van der Waals surface area contributed by atoms with Gasteiger partial charge in [-0.2, -0.15) is 15.4 Å². The van der Waals surface area contributed by atoms with Crippen LogP contribution in [0.15, 0.2) is 6.20 Å². The molecule has 2 heterocycles. The Morgan fingerprint density at radius 1 is 1.69 bits per heavy atom. The van der Waals surface area contributed by atoms with Gasteiger partial charge in [-0.3, -0.25) is 4.90 Å². The second-order valence-electron chi connectivity index (χ2n) is 4.13. The van der Waals surface area contributed by atoms with Gasteiger partial charge in [0.05, 0.1) is 12.7 Å². The average Bonchev–Trinajstić information content (AvgIpc) is 2.80. The molecule has 0 bridgehead atoms. The van der Waals surface area contributed by atoms with Gasteiger partial charge in [-0.05, 0) is 26.3 Å². The van der Waals surface area contributed by atoms with Gasteiger partial charge in [-0.1, -0.05) is 5.92 Å². The highest BCUT2D eigenvalue weighted by Crippen LogP contribution is 2.29. The molecule has 1 fully saturated rings. The lowest BCUT2D eigenvalue weighted by molar-refractivity contribution is -0.0350. The van der Waals surface area contributed by atoms with Crippen LogP contribution in [0.4, 0.5) is 0 Å². The van der Waals surface area contributed by atoms with Crippen molar-refractivity contribution in [3.8, 4) is 11.8 Å². The zero-order valence-corrected chi connectivity index (χ0v) is 9.40. The number of likely N-dealkylation sites (tertiary alicyclic amines) is 1. The second kappa shape index (κ2) is 4.64. The van der Waals surface area contributed by atoms with E-state index < -0.39 is 5.60 Å². The summed E-state index contributed by atoms with van der Waals surface area (Å²) in [5.74, 6) is 5.89. The number of hydrogen-bond acceptors (Lipinski definition) is 4. The van der Waals surface area contributed by atoms with Crippen LogP contribution in [0.25, 0.3) is 0 Å². The number of aliphatic hydroxyl groups is 1. The highest BCUT2D eigenvalue weighted by Gasteiger charge is 2.36. The normalized spacial score (nSPS) is 26.1. The van der Waals surface area contributed by atoms with Gasteiger partial charge in [-0.15, -0.1) is 5.92 Å². The summed E-state index contributed by atoms with van der Waals surface area (Å²) in [5, 5.41) is 20.8. The van der Waals surface area contributed by atoms with Crippen LogP contribution in [0.3, 0.4) is 0 Å². The van der Waals surface area contributed by atoms with E-state index in [0.717, 1.165) is 19.4 Å². The lowest BCUT2D eigenvalue weighted by Gasteiger charge is -2.36. The number of H-pyrrole nitrogens is 1. The fourth-order valence-corrected chi connectivity index (χ4v) is 2.08. The molecule has 0 saturated carbocycles. The third kappa shape index (κ3) is 2.23. The number of hydrogen-bond donors (Lipinski definition) is 2. The maximum Gasteiger partial charge on any atom is 0.123 e. The fourth-order valence-electron chi connectivity index (χ4n) is 2.08. The number of nitrogens with one attached hydrogen (secondary N) is 1. The maximum atomic E-state index is 10.5. The van der Waals surface area contributed by atoms with Crippen molar-refractivity contribution >= 4 is 0 Å². The topological polar surface area (TPSA) is 65.0 Å². The minimum Gasteiger partial charge on any atom is -0.382 e. The first-order chi connectivity index (χ1) is 7.74. The number of rotatable bonds is 2. The van der Waals surface area contributed by atoms with Gasteiger partial charge >= 0.3 is 0 Å². The van der Waals surface area contributed by atoms with Crippen LogP contribution in [0.1, 0.15) is 25.5 Å². The number of β-amino-alcohol motifs (C(OH)–C–C–N with tert-alkyl or cyclic N) is 1. The van der Waals surface area contributed by atoms with Crippen molar-refractivity contribution < 1.29 is 5.11 Å².